The minimum absolute atomic E-state index is 0.217. The van der Waals surface area contributed by atoms with Crippen LogP contribution in [0.15, 0.2) is 0 Å². The standard InChI is InChI=1S/C17H29NO3/c1-2-16(15(19)20)9-11-18(12-10-16)13-14-5-8-17(21-14)6-3-4-7-17/h14H,2-13H2,1H3,(H,19,20). The molecule has 0 aromatic rings. The molecule has 0 aromatic carbocycles. The van der Waals surface area contributed by atoms with Crippen molar-refractivity contribution in [2.75, 3.05) is 19.6 Å². The van der Waals surface area contributed by atoms with E-state index < -0.39 is 11.4 Å². The van der Waals surface area contributed by atoms with Crippen LogP contribution in [0.1, 0.15) is 64.7 Å². The van der Waals surface area contributed by atoms with E-state index in [1.807, 2.05) is 6.92 Å². The summed E-state index contributed by atoms with van der Waals surface area (Å²) in [6, 6.07) is 0. The molecule has 1 atom stereocenters. The zero-order chi connectivity index (χ0) is 14.9. The molecule has 2 aliphatic heterocycles. The van der Waals surface area contributed by atoms with Crippen LogP contribution in [0, 0.1) is 5.41 Å². The third-order valence-corrected chi connectivity index (χ3v) is 6.26. The summed E-state index contributed by atoms with van der Waals surface area (Å²) in [5.41, 5.74) is -0.256. The van der Waals surface area contributed by atoms with E-state index in [2.05, 4.69) is 4.90 Å². The Morgan fingerprint density at radius 2 is 1.86 bits per heavy atom. The summed E-state index contributed by atoms with van der Waals surface area (Å²) in [4.78, 5) is 13.9. The Labute approximate surface area is 127 Å². The summed E-state index contributed by atoms with van der Waals surface area (Å²) in [6.07, 6.45) is 10.3. The maximum absolute atomic E-state index is 11.5. The molecule has 1 unspecified atom stereocenters. The molecule has 2 heterocycles. The fourth-order valence-corrected chi connectivity index (χ4v) is 4.58. The number of aliphatic carboxylic acids is 1. The minimum Gasteiger partial charge on any atom is -0.481 e. The molecule has 120 valence electrons. The number of nitrogens with zero attached hydrogens (tertiary/aromatic N) is 1. The molecule has 21 heavy (non-hydrogen) atoms. The molecule has 1 N–H and O–H groups in total. The van der Waals surface area contributed by atoms with Gasteiger partial charge in [-0.2, -0.15) is 0 Å². The average Bonchev–Trinajstić information content (AvgIpc) is 3.10. The molecule has 4 heteroatoms. The molecule has 3 aliphatic rings. The molecule has 1 saturated carbocycles. The van der Waals surface area contributed by atoms with E-state index in [1.165, 1.54) is 38.5 Å². The molecule has 1 aliphatic carbocycles. The smallest absolute Gasteiger partial charge is 0.309 e. The Bertz CT molecular complexity index is 381. The number of carbonyl (C=O) groups is 1. The van der Waals surface area contributed by atoms with E-state index >= 15 is 0 Å². The zero-order valence-electron chi connectivity index (χ0n) is 13.3. The second kappa shape index (κ2) is 5.88. The number of carboxylic acid groups (broad SMARTS) is 1. The van der Waals surface area contributed by atoms with Gasteiger partial charge in [0.1, 0.15) is 0 Å². The van der Waals surface area contributed by atoms with Crippen molar-refractivity contribution < 1.29 is 14.6 Å². The van der Waals surface area contributed by atoms with E-state index in [1.54, 1.807) is 0 Å². The monoisotopic (exact) mass is 295 g/mol. The van der Waals surface area contributed by atoms with Gasteiger partial charge in [0.2, 0.25) is 0 Å². The van der Waals surface area contributed by atoms with Gasteiger partial charge in [0, 0.05) is 6.54 Å². The van der Waals surface area contributed by atoms with Crippen LogP contribution in [0.4, 0.5) is 0 Å². The van der Waals surface area contributed by atoms with Gasteiger partial charge in [-0.25, -0.2) is 0 Å². The van der Waals surface area contributed by atoms with Crippen LogP contribution in [0.25, 0.3) is 0 Å². The first-order chi connectivity index (χ1) is 10.1. The van der Waals surface area contributed by atoms with Crippen LogP contribution in [0.5, 0.6) is 0 Å². The molecular weight excluding hydrogens is 266 g/mol. The van der Waals surface area contributed by atoms with Crippen molar-refractivity contribution in [3.8, 4) is 0 Å². The molecular formula is C17H29NO3. The molecule has 1 spiro atoms. The Balaban J connectivity index is 1.49. The van der Waals surface area contributed by atoms with Gasteiger partial charge in [-0.1, -0.05) is 19.8 Å². The highest BCUT2D eigenvalue weighted by Crippen LogP contribution is 2.44. The molecule has 0 aromatic heterocycles. The van der Waals surface area contributed by atoms with Crippen LogP contribution in [0.3, 0.4) is 0 Å². The van der Waals surface area contributed by atoms with Gasteiger partial charge in [0.25, 0.3) is 0 Å². The third-order valence-electron chi connectivity index (χ3n) is 6.26. The Kier molecular flexibility index (Phi) is 4.28. The highest BCUT2D eigenvalue weighted by molar-refractivity contribution is 5.74. The lowest BCUT2D eigenvalue weighted by atomic mass is 9.76. The summed E-state index contributed by atoms with van der Waals surface area (Å²) < 4.78 is 6.38. The number of piperidine rings is 1. The van der Waals surface area contributed by atoms with Crippen LogP contribution in [0.2, 0.25) is 0 Å². The first-order valence-electron chi connectivity index (χ1n) is 8.71. The van der Waals surface area contributed by atoms with Gasteiger partial charge in [0.15, 0.2) is 0 Å². The third kappa shape index (κ3) is 2.98. The van der Waals surface area contributed by atoms with Gasteiger partial charge in [-0.15, -0.1) is 0 Å². The maximum atomic E-state index is 11.5. The van der Waals surface area contributed by atoms with Crippen molar-refractivity contribution in [1.82, 2.24) is 4.90 Å². The quantitative estimate of drug-likeness (QED) is 0.866. The molecule has 2 saturated heterocycles. The summed E-state index contributed by atoms with van der Waals surface area (Å²) >= 11 is 0. The molecule has 3 rings (SSSR count). The highest BCUT2D eigenvalue weighted by atomic mass is 16.5. The minimum atomic E-state index is -0.605. The fraction of sp³-hybridized carbons (Fsp3) is 0.941. The van der Waals surface area contributed by atoms with E-state index in [-0.39, 0.29) is 5.60 Å². The predicted molar refractivity (Wildman–Crippen MR) is 81.3 cm³/mol. The largest absolute Gasteiger partial charge is 0.481 e. The number of hydrogen-bond donors (Lipinski definition) is 1. The predicted octanol–water partition coefficient (Wildman–Crippen LogP) is 3.06. The van der Waals surface area contributed by atoms with Crippen molar-refractivity contribution in [3.63, 3.8) is 0 Å². The Morgan fingerprint density at radius 3 is 2.43 bits per heavy atom. The van der Waals surface area contributed by atoms with Gasteiger partial charge in [-0.05, 0) is 58.0 Å². The average molecular weight is 295 g/mol. The van der Waals surface area contributed by atoms with Crippen LogP contribution >= 0.6 is 0 Å². The van der Waals surface area contributed by atoms with Gasteiger partial charge in [0.05, 0.1) is 17.1 Å². The highest BCUT2D eigenvalue weighted by Gasteiger charge is 2.44. The van der Waals surface area contributed by atoms with E-state index in [0.717, 1.165) is 38.9 Å². The van der Waals surface area contributed by atoms with Gasteiger partial charge in [-0.3, -0.25) is 4.79 Å². The Hall–Kier alpha value is -0.610. The lowest BCUT2D eigenvalue weighted by Crippen LogP contribution is -2.46. The van der Waals surface area contributed by atoms with Crippen molar-refractivity contribution in [2.45, 2.75) is 76.4 Å². The van der Waals surface area contributed by atoms with E-state index in [4.69, 9.17) is 4.74 Å². The van der Waals surface area contributed by atoms with E-state index in [9.17, 15) is 9.90 Å². The SMILES string of the molecule is CCC1(C(=O)O)CCN(CC2CCC3(CCCC3)O2)CC1. The van der Waals surface area contributed by atoms with Crippen LogP contribution < -0.4 is 0 Å². The Morgan fingerprint density at radius 1 is 1.19 bits per heavy atom. The van der Waals surface area contributed by atoms with Crippen molar-refractivity contribution >= 4 is 5.97 Å². The first-order valence-corrected chi connectivity index (χ1v) is 8.71. The van der Waals surface area contributed by atoms with Crippen molar-refractivity contribution in [2.24, 2.45) is 5.41 Å². The van der Waals surface area contributed by atoms with Crippen molar-refractivity contribution in [3.05, 3.63) is 0 Å². The molecule has 3 fully saturated rings. The molecule has 0 amide bonds. The lowest BCUT2D eigenvalue weighted by molar-refractivity contribution is -0.152. The molecule has 4 nitrogen and oxygen atoms in total. The fourth-order valence-electron chi connectivity index (χ4n) is 4.58. The number of likely N-dealkylation sites (tertiary alicyclic amines) is 1. The number of carboxylic acids is 1. The van der Waals surface area contributed by atoms with Crippen LogP contribution in [-0.4, -0.2) is 47.3 Å². The summed E-state index contributed by atoms with van der Waals surface area (Å²) in [7, 11) is 0. The summed E-state index contributed by atoms with van der Waals surface area (Å²) in [6.45, 7) is 4.83. The molecule has 0 bridgehead atoms. The van der Waals surface area contributed by atoms with Gasteiger partial charge < -0.3 is 14.7 Å². The normalized spacial score (nSPS) is 31.8. The number of ether oxygens (including phenoxy) is 1. The van der Waals surface area contributed by atoms with E-state index in [0.29, 0.717) is 6.10 Å². The summed E-state index contributed by atoms with van der Waals surface area (Å²) in [5.74, 6) is -0.605. The zero-order valence-corrected chi connectivity index (χ0v) is 13.3. The molecule has 0 radical (unpaired) electrons. The second-order valence-electron chi connectivity index (χ2n) is 7.41. The van der Waals surface area contributed by atoms with Crippen molar-refractivity contribution in [1.29, 1.82) is 0 Å². The maximum Gasteiger partial charge on any atom is 0.309 e. The topological polar surface area (TPSA) is 49.8 Å². The first kappa shape index (κ1) is 15.3. The number of hydrogen-bond acceptors (Lipinski definition) is 3. The lowest BCUT2D eigenvalue weighted by Gasteiger charge is -2.39. The second-order valence-corrected chi connectivity index (χ2v) is 7.41. The summed E-state index contributed by atoms with van der Waals surface area (Å²) in [5, 5.41) is 9.46. The number of rotatable bonds is 4. The van der Waals surface area contributed by atoms with Crippen LogP contribution in [-0.2, 0) is 9.53 Å². The van der Waals surface area contributed by atoms with Gasteiger partial charge >= 0.3 is 5.97 Å².